The second kappa shape index (κ2) is 8.44. The van der Waals surface area contributed by atoms with E-state index in [2.05, 4.69) is 61.5 Å². The molecule has 0 atom stereocenters. The van der Waals surface area contributed by atoms with Gasteiger partial charge in [-0.25, -0.2) is 9.98 Å². The molecule has 0 unspecified atom stereocenters. The molecule has 3 rings (SSSR count). The number of aliphatic imine (C=N–C) groups is 1. The van der Waals surface area contributed by atoms with E-state index in [0.717, 1.165) is 51.9 Å². The number of nitrogens with zero attached hydrogens (tertiary/aromatic N) is 4. The summed E-state index contributed by atoms with van der Waals surface area (Å²) in [7, 11) is 2.02. The van der Waals surface area contributed by atoms with Crippen molar-refractivity contribution in [1.82, 2.24) is 14.9 Å². The van der Waals surface area contributed by atoms with Gasteiger partial charge in [-0.3, -0.25) is 4.98 Å². The van der Waals surface area contributed by atoms with E-state index in [1.54, 1.807) is 11.3 Å². The molecule has 0 spiro atoms. The van der Waals surface area contributed by atoms with E-state index in [-0.39, 0.29) is 0 Å². The summed E-state index contributed by atoms with van der Waals surface area (Å²) >= 11 is 1.69. The summed E-state index contributed by atoms with van der Waals surface area (Å²) in [4.78, 5) is 16.2. The maximum atomic E-state index is 4.81. The summed E-state index contributed by atoms with van der Waals surface area (Å²) in [5.74, 6) is 0. The number of pyridine rings is 1. The average Bonchev–Trinajstić information content (AvgIpc) is 3.12. The van der Waals surface area contributed by atoms with Crippen LogP contribution < -0.4 is 0 Å². The van der Waals surface area contributed by atoms with E-state index in [1.807, 2.05) is 25.2 Å². The van der Waals surface area contributed by atoms with Gasteiger partial charge in [-0.1, -0.05) is 29.8 Å². The molecule has 0 aliphatic rings. The van der Waals surface area contributed by atoms with Gasteiger partial charge in [0.05, 0.1) is 34.1 Å². The smallest absolute Gasteiger partial charge is 0.0992 e. The van der Waals surface area contributed by atoms with Gasteiger partial charge >= 0.3 is 0 Å². The Labute approximate surface area is 165 Å². The van der Waals surface area contributed by atoms with Crippen LogP contribution in [-0.4, -0.2) is 34.8 Å². The van der Waals surface area contributed by atoms with Gasteiger partial charge in [-0.15, -0.1) is 11.3 Å². The first-order valence-corrected chi connectivity index (χ1v) is 10.1. The Balaban J connectivity index is 1.79. The number of hydrogen-bond acceptors (Lipinski definition) is 4. The molecule has 0 aliphatic carbocycles. The Morgan fingerprint density at radius 3 is 2.56 bits per heavy atom. The third kappa shape index (κ3) is 4.80. The van der Waals surface area contributed by atoms with Crippen molar-refractivity contribution in [3.63, 3.8) is 0 Å². The molecule has 4 nitrogen and oxygen atoms in total. The Morgan fingerprint density at radius 1 is 1.11 bits per heavy atom. The number of benzene rings is 1. The minimum absolute atomic E-state index is 0.752. The minimum Gasteiger partial charge on any atom is -0.366 e. The molecule has 0 radical (unpaired) electrons. The molecule has 3 aromatic rings. The molecule has 0 saturated carbocycles. The van der Waals surface area contributed by atoms with Crippen LogP contribution in [-0.2, 0) is 6.42 Å². The lowest BCUT2D eigenvalue weighted by molar-refractivity contribution is 0.552. The fraction of sp³-hybridized carbons (Fsp3) is 0.318. The maximum Gasteiger partial charge on any atom is 0.0992 e. The van der Waals surface area contributed by atoms with Crippen molar-refractivity contribution in [2.75, 3.05) is 13.6 Å². The van der Waals surface area contributed by atoms with E-state index < -0.39 is 0 Å². The van der Waals surface area contributed by atoms with Crippen LogP contribution in [0.2, 0.25) is 0 Å². The van der Waals surface area contributed by atoms with Gasteiger partial charge in [0.15, 0.2) is 0 Å². The quantitative estimate of drug-likeness (QED) is 0.430. The normalized spacial score (nSPS) is 11.3. The molecular formula is C22H26N4S. The van der Waals surface area contributed by atoms with Crippen molar-refractivity contribution < 1.29 is 0 Å². The Bertz CT molecular complexity index is 941. The Kier molecular flexibility index (Phi) is 6.01. The van der Waals surface area contributed by atoms with Gasteiger partial charge in [0.2, 0.25) is 0 Å². The molecule has 0 N–H and O–H groups in total. The first kappa shape index (κ1) is 19.2. The summed E-state index contributed by atoms with van der Waals surface area (Å²) in [6, 6.07) is 10.6. The molecular weight excluding hydrogens is 352 g/mol. The lowest BCUT2D eigenvalue weighted by atomic mass is 10.1. The van der Waals surface area contributed by atoms with Crippen LogP contribution >= 0.6 is 11.3 Å². The van der Waals surface area contributed by atoms with Crippen LogP contribution in [0.4, 0.5) is 5.69 Å². The minimum atomic E-state index is 0.752. The second-order valence-corrected chi connectivity index (χ2v) is 7.79. The van der Waals surface area contributed by atoms with E-state index in [4.69, 9.17) is 9.97 Å². The van der Waals surface area contributed by atoms with Crippen LogP contribution in [0.25, 0.3) is 11.3 Å². The summed E-state index contributed by atoms with van der Waals surface area (Å²) in [6.45, 7) is 9.24. The number of thiazole rings is 1. The topological polar surface area (TPSA) is 41.4 Å². The van der Waals surface area contributed by atoms with Gasteiger partial charge in [0.1, 0.15) is 0 Å². The highest BCUT2D eigenvalue weighted by molar-refractivity contribution is 7.10. The standard InChI is InChI=1S/C22H26N4S/c1-6-26(5)14-23-20-11-16(3)19(24-17(20)4)12-22-25-21(13-27-22)18-9-7-15(2)8-10-18/h7-11,13-14H,6,12H2,1-5H3. The van der Waals surface area contributed by atoms with Crippen molar-refractivity contribution in [2.24, 2.45) is 4.99 Å². The van der Waals surface area contributed by atoms with Crippen molar-refractivity contribution in [3.8, 4) is 11.3 Å². The van der Waals surface area contributed by atoms with Gasteiger partial charge in [-0.2, -0.15) is 0 Å². The predicted molar refractivity (Wildman–Crippen MR) is 115 cm³/mol. The molecule has 0 bridgehead atoms. The lowest BCUT2D eigenvalue weighted by Gasteiger charge is -2.10. The average molecular weight is 379 g/mol. The fourth-order valence-corrected chi connectivity index (χ4v) is 3.49. The highest BCUT2D eigenvalue weighted by Crippen LogP contribution is 2.26. The summed E-state index contributed by atoms with van der Waals surface area (Å²) in [6.07, 6.45) is 2.61. The van der Waals surface area contributed by atoms with Crippen LogP contribution in [0.15, 0.2) is 40.7 Å². The monoisotopic (exact) mass is 378 g/mol. The zero-order chi connectivity index (χ0) is 19.4. The van der Waals surface area contributed by atoms with Crippen LogP contribution in [0.3, 0.4) is 0 Å². The number of aryl methyl sites for hydroxylation is 3. The van der Waals surface area contributed by atoms with Crippen molar-refractivity contribution in [1.29, 1.82) is 0 Å². The molecule has 2 heterocycles. The molecule has 5 heteroatoms. The van der Waals surface area contributed by atoms with Gasteiger partial charge in [-0.05, 0) is 39.3 Å². The van der Waals surface area contributed by atoms with Crippen molar-refractivity contribution in [3.05, 3.63) is 63.2 Å². The molecule has 0 saturated heterocycles. The van der Waals surface area contributed by atoms with Gasteiger partial charge in [0.25, 0.3) is 0 Å². The van der Waals surface area contributed by atoms with Crippen LogP contribution in [0, 0.1) is 20.8 Å². The predicted octanol–water partition coefficient (Wildman–Crippen LogP) is 5.33. The molecule has 0 fully saturated rings. The van der Waals surface area contributed by atoms with Crippen LogP contribution in [0.1, 0.15) is 34.4 Å². The number of aromatic nitrogens is 2. The van der Waals surface area contributed by atoms with E-state index in [9.17, 15) is 0 Å². The molecule has 0 amide bonds. The zero-order valence-electron chi connectivity index (χ0n) is 16.7. The first-order valence-electron chi connectivity index (χ1n) is 9.19. The van der Waals surface area contributed by atoms with E-state index in [0.29, 0.717) is 0 Å². The highest BCUT2D eigenvalue weighted by atomic mass is 32.1. The largest absolute Gasteiger partial charge is 0.366 e. The molecule has 27 heavy (non-hydrogen) atoms. The van der Waals surface area contributed by atoms with E-state index >= 15 is 0 Å². The van der Waals surface area contributed by atoms with Gasteiger partial charge < -0.3 is 4.90 Å². The molecule has 0 aliphatic heterocycles. The lowest BCUT2D eigenvalue weighted by Crippen LogP contribution is -2.14. The molecule has 1 aromatic carbocycles. The summed E-state index contributed by atoms with van der Waals surface area (Å²) in [5.41, 5.74) is 7.56. The third-order valence-corrected chi connectivity index (χ3v) is 5.44. The van der Waals surface area contributed by atoms with Crippen molar-refractivity contribution >= 4 is 23.4 Å². The summed E-state index contributed by atoms with van der Waals surface area (Å²) < 4.78 is 0. The van der Waals surface area contributed by atoms with Crippen molar-refractivity contribution in [2.45, 2.75) is 34.1 Å². The number of hydrogen-bond donors (Lipinski definition) is 0. The van der Waals surface area contributed by atoms with Gasteiger partial charge in [0, 0.05) is 31.0 Å². The Morgan fingerprint density at radius 2 is 1.85 bits per heavy atom. The Hall–Kier alpha value is -2.53. The number of rotatable bonds is 6. The highest BCUT2D eigenvalue weighted by Gasteiger charge is 2.10. The fourth-order valence-electron chi connectivity index (χ4n) is 2.68. The second-order valence-electron chi connectivity index (χ2n) is 6.84. The van der Waals surface area contributed by atoms with Crippen LogP contribution in [0.5, 0.6) is 0 Å². The van der Waals surface area contributed by atoms with E-state index in [1.165, 1.54) is 5.56 Å². The first-order chi connectivity index (χ1) is 13.0. The summed E-state index contributed by atoms with van der Waals surface area (Å²) in [5, 5.41) is 3.21. The molecule has 2 aromatic heterocycles. The molecule has 140 valence electrons. The SMILES string of the molecule is CCN(C)C=Nc1cc(C)c(Cc2nc(-c3ccc(C)cc3)cs2)nc1C. The maximum absolute atomic E-state index is 4.81. The third-order valence-electron chi connectivity index (χ3n) is 4.59. The zero-order valence-corrected chi connectivity index (χ0v) is 17.5.